The molecule has 19 heavy (non-hydrogen) atoms. The minimum atomic E-state index is 0.110. The number of benzene rings is 1. The molecular formula is C14H19IO4. The van der Waals surface area contributed by atoms with Crippen LogP contribution in [0.1, 0.15) is 28.8 Å². The molecule has 0 atom stereocenters. The molecule has 0 aliphatic rings. The second-order valence-electron chi connectivity index (χ2n) is 4.07. The highest BCUT2D eigenvalue weighted by atomic mass is 127. The largest absolute Gasteiger partial charge is 0.493 e. The van der Waals surface area contributed by atoms with E-state index in [0.29, 0.717) is 17.9 Å². The van der Waals surface area contributed by atoms with Gasteiger partial charge in [0, 0.05) is 13.2 Å². The van der Waals surface area contributed by atoms with Crippen LogP contribution in [0.2, 0.25) is 0 Å². The molecule has 1 aromatic carbocycles. The molecule has 0 saturated heterocycles. The van der Waals surface area contributed by atoms with Crippen LogP contribution in [0.4, 0.5) is 0 Å². The minimum Gasteiger partial charge on any atom is -0.493 e. The lowest BCUT2D eigenvalue weighted by Crippen LogP contribution is -2.04. The third-order valence-corrected chi connectivity index (χ3v) is 3.33. The van der Waals surface area contributed by atoms with Gasteiger partial charge in [0.25, 0.3) is 0 Å². The summed E-state index contributed by atoms with van der Waals surface area (Å²) >= 11 is 2.35. The topological polar surface area (TPSA) is 44.8 Å². The third-order valence-electron chi connectivity index (χ3n) is 2.57. The van der Waals surface area contributed by atoms with Crippen molar-refractivity contribution in [1.82, 2.24) is 0 Å². The summed E-state index contributed by atoms with van der Waals surface area (Å²) in [4.78, 5) is 11.1. The number of hydrogen-bond acceptors (Lipinski definition) is 4. The van der Waals surface area contributed by atoms with Gasteiger partial charge in [0.15, 0.2) is 13.1 Å². The second kappa shape index (κ2) is 9.14. The summed E-state index contributed by atoms with van der Waals surface area (Å²) in [5, 5.41) is 0. The van der Waals surface area contributed by atoms with Crippen molar-refractivity contribution in [3.63, 3.8) is 0 Å². The van der Waals surface area contributed by atoms with Gasteiger partial charge in [0.1, 0.15) is 11.5 Å². The zero-order valence-electron chi connectivity index (χ0n) is 11.3. The fourth-order valence-corrected chi connectivity index (χ4v) is 2.14. The van der Waals surface area contributed by atoms with Crippen LogP contribution < -0.4 is 9.47 Å². The van der Waals surface area contributed by atoms with E-state index in [1.165, 1.54) is 7.11 Å². The van der Waals surface area contributed by atoms with Gasteiger partial charge >= 0.3 is 0 Å². The standard InChI is InChI=1S/C14H19IO4/c1-11-7-12(18-6-4-3-5-15)8-14(13(11)9-16)19-10-17-2/h7-9H,3-6,10H2,1-2H3. The van der Waals surface area contributed by atoms with Gasteiger partial charge < -0.3 is 14.2 Å². The molecule has 0 radical (unpaired) electrons. The van der Waals surface area contributed by atoms with E-state index in [2.05, 4.69) is 22.6 Å². The number of carbonyl (C=O) groups excluding carboxylic acids is 1. The summed E-state index contributed by atoms with van der Waals surface area (Å²) in [6, 6.07) is 3.59. The first-order valence-corrected chi connectivity index (χ1v) is 7.65. The molecule has 1 aromatic rings. The van der Waals surface area contributed by atoms with E-state index in [4.69, 9.17) is 14.2 Å². The predicted octanol–water partition coefficient (Wildman–Crippen LogP) is 3.38. The Hall–Kier alpha value is -0.820. The van der Waals surface area contributed by atoms with Crippen molar-refractivity contribution in [3.8, 4) is 11.5 Å². The lowest BCUT2D eigenvalue weighted by Gasteiger charge is -2.13. The quantitative estimate of drug-likeness (QED) is 0.217. The molecule has 0 saturated carbocycles. The molecule has 0 heterocycles. The van der Waals surface area contributed by atoms with Gasteiger partial charge in [-0.25, -0.2) is 0 Å². The Morgan fingerprint density at radius 3 is 2.68 bits per heavy atom. The Morgan fingerprint density at radius 1 is 1.26 bits per heavy atom. The van der Waals surface area contributed by atoms with Crippen molar-refractivity contribution in [2.45, 2.75) is 19.8 Å². The van der Waals surface area contributed by atoms with Crippen molar-refractivity contribution in [2.24, 2.45) is 0 Å². The molecule has 0 spiro atoms. The molecule has 0 amide bonds. The van der Waals surface area contributed by atoms with E-state index in [-0.39, 0.29) is 6.79 Å². The summed E-state index contributed by atoms with van der Waals surface area (Å²) < 4.78 is 17.1. The van der Waals surface area contributed by atoms with Crippen LogP contribution >= 0.6 is 22.6 Å². The Bertz CT molecular complexity index is 407. The third kappa shape index (κ3) is 5.36. The number of carbonyl (C=O) groups is 1. The fraction of sp³-hybridized carbons (Fsp3) is 0.500. The number of hydrogen-bond donors (Lipinski definition) is 0. The van der Waals surface area contributed by atoms with Gasteiger partial charge in [-0.2, -0.15) is 0 Å². The zero-order valence-corrected chi connectivity index (χ0v) is 13.4. The lowest BCUT2D eigenvalue weighted by atomic mass is 10.1. The van der Waals surface area contributed by atoms with E-state index < -0.39 is 0 Å². The molecule has 0 aliphatic carbocycles. The van der Waals surface area contributed by atoms with Crippen LogP contribution in [-0.2, 0) is 4.74 Å². The maximum Gasteiger partial charge on any atom is 0.188 e. The zero-order chi connectivity index (χ0) is 14.1. The van der Waals surface area contributed by atoms with Gasteiger partial charge in [0.05, 0.1) is 12.2 Å². The summed E-state index contributed by atoms with van der Waals surface area (Å²) in [5.74, 6) is 1.23. The number of aryl methyl sites for hydroxylation is 1. The van der Waals surface area contributed by atoms with E-state index >= 15 is 0 Å². The molecule has 0 aliphatic heterocycles. The van der Waals surface area contributed by atoms with Gasteiger partial charge in [-0.3, -0.25) is 4.79 Å². The van der Waals surface area contributed by atoms with Crippen molar-refractivity contribution in [1.29, 1.82) is 0 Å². The van der Waals surface area contributed by atoms with Crippen LogP contribution in [0.3, 0.4) is 0 Å². The first kappa shape index (κ1) is 16.2. The van der Waals surface area contributed by atoms with Crippen LogP contribution in [0, 0.1) is 6.92 Å². The van der Waals surface area contributed by atoms with Crippen LogP contribution in [0.5, 0.6) is 11.5 Å². The summed E-state index contributed by atoms with van der Waals surface area (Å²) in [6.45, 7) is 2.65. The van der Waals surface area contributed by atoms with E-state index in [0.717, 1.165) is 34.9 Å². The molecule has 0 fully saturated rings. The second-order valence-corrected chi connectivity index (χ2v) is 5.14. The monoisotopic (exact) mass is 378 g/mol. The first-order chi connectivity index (χ1) is 9.22. The average molecular weight is 378 g/mol. The Kier molecular flexibility index (Phi) is 7.81. The molecule has 0 aromatic heterocycles. The number of halogens is 1. The van der Waals surface area contributed by atoms with E-state index in [9.17, 15) is 4.79 Å². The number of unbranched alkanes of at least 4 members (excludes halogenated alkanes) is 1. The molecule has 1 rings (SSSR count). The van der Waals surface area contributed by atoms with Gasteiger partial charge in [-0.05, 0) is 35.8 Å². The normalized spacial score (nSPS) is 10.3. The number of rotatable bonds is 9. The Morgan fingerprint density at radius 2 is 2.05 bits per heavy atom. The molecule has 0 unspecified atom stereocenters. The van der Waals surface area contributed by atoms with Crippen molar-refractivity contribution in [3.05, 3.63) is 23.3 Å². The summed E-state index contributed by atoms with van der Waals surface area (Å²) in [7, 11) is 1.54. The average Bonchev–Trinajstić information content (AvgIpc) is 2.41. The minimum absolute atomic E-state index is 0.110. The highest BCUT2D eigenvalue weighted by molar-refractivity contribution is 14.1. The van der Waals surface area contributed by atoms with E-state index in [1.807, 2.05) is 13.0 Å². The summed E-state index contributed by atoms with van der Waals surface area (Å²) in [5.41, 5.74) is 1.38. The van der Waals surface area contributed by atoms with Crippen molar-refractivity contribution in [2.75, 3.05) is 24.9 Å². The van der Waals surface area contributed by atoms with Gasteiger partial charge in [-0.15, -0.1) is 0 Å². The fourth-order valence-electron chi connectivity index (χ4n) is 1.60. The van der Waals surface area contributed by atoms with E-state index in [1.54, 1.807) is 6.07 Å². The highest BCUT2D eigenvalue weighted by Gasteiger charge is 2.09. The van der Waals surface area contributed by atoms with Crippen molar-refractivity contribution >= 4 is 28.9 Å². The first-order valence-electron chi connectivity index (χ1n) is 6.13. The van der Waals surface area contributed by atoms with Crippen LogP contribution in [0.25, 0.3) is 0 Å². The van der Waals surface area contributed by atoms with Crippen LogP contribution in [-0.4, -0.2) is 31.2 Å². The number of aldehydes is 1. The molecule has 0 bridgehead atoms. The Labute approximate surface area is 127 Å². The summed E-state index contributed by atoms with van der Waals surface area (Å²) in [6.07, 6.45) is 2.95. The van der Waals surface area contributed by atoms with Crippen LogP contribution in [0.15, 0.2) is 12.1 Å². The maximum absolute atomic E-state index is 11.1. The number of methoxy groups -OCH3 is 1. The molecule has 5 heteroatoms. The predicted molar refractivity (Wildman–Crippen MR) is 82.7 cm³/mol. The maximum atomic E-state index is 11.1. The molecule has 0 N–H and O–H groups in total. The lowest BCUT2D eigenvalue weighted by molar-refractivity contribution is 0.0503. The molecular weight excluding hydrogens is 359 g/mol. The number of alkyl halides is 1. The number of ether oxygens (including phenoxy) is 3. The Balaban J connectivity index is 2.76. The van der Waals surface area contributed by atoms with Gasteiger partial charge in [0.2, 0.25) is 0 Å². The highest BCUT2D eigenvalue weighted by Crippen LogP contribution is 2.27. The van der Waals surface area contributed by atoms with Gasteiger partial charge in [-0.1, -0.05) is 22.6 Å². The smallest absolute Gasteiger partial charge is 0.188 e. The SMILES string of the molecule is COCOc1cc(OCCCCI)cc(C)c1C=O. The molecule has 4 nitrogen and oxygen atoms in total. The van der Waals surface area contributed by atoms with Crippen molar-refractivity contribution < 1.29 is 19.0 Å². The molecule has 106 valence electrons.